The van der Waals surface area contributed by atoms with Crippen molar-refractivity contribution in [3.63, 3.8) is 0 Å². The molecular weight excluding hydrogens is 285 g/mol. The van der Waals surface area contributed by atoms with Crippen molar-refractivity contribution in [3.05, 3.63) is 59.2 Å². The predicted molar refractivity (Wildman–Crippen MR) is 66.1 cm³/mol. The summed E-state index contributed by atoms with van der Waals surface area (Å²) < 4.78 is 40.0. The van der Waals surface area contributed by atoms with E-state index in [2.05, 4.69) is 4.98 Å². The lowest BCUT2D eigenvalue weighted by Gasteiger charge is -2.16. The average molecular weight is 292 g/mol. The van der Waals surface area contributed by atoms with E-state index < -0.39 is 34.7 Å². The van der Waals surface area contributed by atoms with Gasteiger partial charge < -0.3 is 4.90 Å². The molecule has 1 aromatic carbocycles. The number of carbonyl (C=O) groups excluding carboxylic acids is 2. The Morgan fingerprint density at radius 3 is 2.48 bits per heavy atom. The molecule has 0 fully saturated rings. The number of carbonyl (C=O) groups is 2. The van der Waals surface area contributed by atoms with Gasteiger partial charge in [0.05, 0.1) is 24.0 Å². The minimum atomic E-state index is -1.09. The number of nitrogens with zero attached hydrogens (tertiary/aromatic N) is 2. The van der Waals surface area contributed by atoms with Crippen molar-refractivity contribution < 1.29 is 22.8 Å². The van der Waals surface area contributed by atoms with Gasteiger partial charge >= 0.3 is 0 Å². The van der Waals surface area contributed by atoms with Gasteiger partial charge in [-0.15, -0.1) is 0 Å². The second kappa shape index (κ2) is 4.69. The van der Waals surface area contributed by atoms with Crippen molar-refractivity contribution in [1.29, 1.82) is 0 Å². The Morgan fingerprint density at radius 1 is 1.00 bits per heavy atom. The van der Waals surface area contributed by atoms with E-state index >= 15 is 0 Å². The molecule has 2 aromatic rings. The molecule has 1 aliphatic heterocycles. The Bertz CT molecular complexity index is 777. The number of ketones is 1. The van der Waals surface area contributed by atoms with Crippen LogP contribution in [0.5, 0.6) is 0 Å². The number of hydrogen-bond donors (Lipinski definition) is 0. The summed E-state index contributed by atoms with van der Waals surface area (Å²) in [6.45, 7) is -0.203. The number of fused-ring (bicyclic) bond motifs is 1. The van der Waals surface area contributed by atoms with E-state index in [1.807, 2.05) is 0 Å². The van der Waals surface area contributed by atoms with E-state index in [1.54, 1.807) is 0 Å². The molecule has 0 saturated carbocycles. The maximum atomic E-state index is 13.6. The maximum absolute atomic E-state index is 13.6. The summed E-state index contributed by atoms with van der Waals surface area (Å²) in [5, 5.41) is 0. The largest absolute Gasteiger partial charge is 0.300 e. The SMILES string of the molecule is O=C1C(=O)N(Cc2cncc(F)c2)c2cc(F)cc(F)c21. The molecule has 3 rings (SSSR count). The number of Topliss-reactive ketones (excluding diaryl/α,β-unsaturated/α-hetero) is 1. The number of rotatable bonds is 2. The molecule has 1 aromatic heterocycles. The first kappa shape index (κ1) is 13.3. The van der Waals surface area contributed by atoms with Crippen molar-refractivity contribution in [2.45, 2.75) is 6.54 Å². The standard InChI is InChI=1S/C14H7F3N2O2/c15-8-2-10(17)12-11(3-8)19(14(21)13(12)20)6-7-1-9(16)5-18-4-7/h1-5H,6H2. The fourth-order valence-corrected chi connectivity index (χ4v) is 2.22. The topological polar surface area (TPSA) is 50.3 Å². The van der Waals surface area contributed by atoms with Crippen LogP contribution in [0, 0.1) is 17.5 Å². The van der Waals surface area contributed by atoms with E-state index in [1.165, 1.54) is 6.20 Å². The molecule has 0 bridgehead atoms. The van der Waals surface area contributed by atoms with Gasteiger partial charge in [0.25, 0.3) is 11.7 Å². The van der Waals surface area contributed by atoms with E-state index in [0.717, 1.165) is 23.2 Å². The van der Waals surface area contributed by atoms with Crippen molar-refractivity contribution in [2.24, 2.45) is 0 Å². The van der Waals surface area contributed by atoms with Gasteiger partial charge in [-0.05, 0) is 17.7 Å². The summed E-state index contributed by atoms with van der Waals surface area (Å²) in [7, 11) is 0. The molecule has 106 valence electrons. The Balaban J connectivity index is 2.05. The van der Waals surface area contributed by atoms with Gasteiger partial charge in [0.15, 0.2) is 0 Å². The van der Waals surface area contributed by atoms with Gasteiger partial charge in [-0.2, -0.15) is 0 Å². The van der Waals surface area contributed by atoms with Gasteiger partial charge in [0, 0.05) is 12.3 Å². The number of halogens is 3. The minimum Gasteiger partial charge on any atom is -0.300 e. The zero-order chi connectivity index (χ0) is 15.1. The van der Waals surface area contributed by atoms with Gasteiger partial charge in [-0.1, -0.05) is 0 Å². The van der Waals surface area contributed by atoms with Crippen molar-refractivity contribution in [3.8, 4) is 0 Å². The van der Waals surface area contributed by atoms with Gasteiger partial charge in [0.2, 0.25) is 0 Å². The zero-order valence-electron chi connectivity index (χ0n) is 10.4. The molecule has 0 radical (unpaired) electrons. The Morgan fingerprint density at radius 2 is 1.76 bits per heavy atom. The molecule has 1 amide bonds. The van der Waals surface area contributed by atoms with Gasteiger partial charge in [0.1, 0.15) is 17.5 Å². The van der Waals surface area contributed by atoms with Crippen LogP contribution in [0.2, 0.25) is 0 Å². The second-order valence-corrected chi connectivity index (χ2v) is 4.51. The number of anilines is 1. The van der Waals surface area contributed by atoms with Gasteiger partial charge in [-0.25, -0.2) is 13.2 Å². The summed E-state index contributed by atoms with van der Waals surface area (Å²) in [6, 6.07) is 2.56. The number of benzene rings is 1. The van der Waals surface area contributed by atoms with Crippen molar-refractivity contribution in [2.75, 3.05) is 4.90 Å². The third-order valence-corrected chi connectivity index (χ3v) is 3.09. The highest BCUT2D eigenvalue weighted by molar-refractivity contribution is 6.52. The van der Waals surface area contributed by atoms with Crippen LogP contribution in [0.1, 0.15) is 15.9 Å². The van der Waals surface area contributed by atoms with Crippen LogP contribution in [-0.4, -0.2) is 16.7 Å². The molecule has 21 heavy (non-hydrogen) atoms. The summed E-state index contributed by atoms with van der Waals surface area (Å²) in [5.41, 5.74) is -0.328. The maximum Gasteiger partial charge on any atom is 0.299 e. The summed E-state index contributed by atoms with van der Waals surface area (Å²) in [5.74, 6) is -4.65. The Kier molecular flexibility index (Phi) is 2.97. The average Bonchev–Trinajstić information content (AvgIpc) is 2.64. The predicted octanol–water partition coefficient (Wildman–Crippen LogP) is 2.23. The summed E-state index contributed by atoms with van der Waals surface area (Å²) in [4.78, 5) is 28.2. The lowest BCUT2D eigenvalue weighted by atomic mass is 10.1. The van der Waals surface area contributed by atoms with Crippen LogP contribution in [0.15, 0.2) is 30.6 Å². The first-order chi connectivity index (χ1) is 9.97. The lowest BCUT2D eigenvalue weighted by molar-refractivity contribution is -0.114. The Labute approximate surface area is 116 Å². The third-order valence-electron chi connectivity index (χ3n) is 3.09. The Hall–Kier alpha value is -2.70. The zero-order valence-corrected chi connectivity index (χ0v) is 10.4. The van der Waals surface area contributed by atoms with Crippen LogP contribution >= 0.6 is 0 Å². The van der Waals surface area contributed by atoms with Crippen molar-refractivity contribution in [1.82, 2.24) is 4.98 Å². The molecule has 0 saturated heterocycles. The second-order valence-electron chi connectivity index (χ2n) is 4.51. The first-order valence-electron chi connectivity index (χ1n) is 5.92. The molecule has 0 N–H and O–H groups in total. The van der Waals surface area contributed by atoms with Crippen LogP contribution in [0.3, 0.4) is 0 Å². The van der Waals surface area contributed by atoms with Crippen LogP contribution in [-0.2, 0) is 11.3 Å². The van der Waals surface area contributed by atoms with Gasteiger partial charge in [-0.3, -0.25) is 14.6 Å². The molecular formula is C14H7F3N2O2. The first-order valence-corrected chi connectivity index (χ1v) is 5.92. The highest BCUT2D eigenvalue weighted by Gasteiger charge is 2.38. The fraction of sp³-hybridized carbons (Fsp3) is 0.0714. The number of pyridine rings is 1. The van der Waals surface area contributed by atoms with Crippen LogP contribution in [0.25, 0.3) is 0 Å². The van der Waals surface area contributed by atoms with E-state index in [9.17, 15) is 22.8 Å². The monoisotopic (exact) mass is 292 g/mol. The van der Waals surface area contributed by atoms with Crippen LogP contribution < -0.4 is 4.90 Å². The number of aromatic nitrogens is 1. The molecule has 2 heterocycles. The third kappa shape index (κ3) is 2.16. The highest BCUT2D eigenvalue weighted by atomic mass is 19.1. The molecule has 7 heteroatoms. The minimum absolute atomic E-state index is 0.160. The lowest BCUT2D eigenvalue weighted by Crippen LogP contribution is -2.29. The summed E-state index contributed by atoms with van der Waals surface area (Å²) >= 11 is 0. The van der Waals surface area contributed by atoms with E-state index in [4.69, 9.17) is 0 Å². The quantitative estimate of drug-likeness (QED) is 0.798. The molecule has 0 aliphatic carbocycles. The van der Waals surface area contributed by atoms with Crippen molar-refractivity contribution >= 4 is 17.4 Å². The molecule has 4 nitrogen and oxygen atoms in total. The highest BCUT2D eigenvalue weighted by Crippen LogP contribution is 2.33. The number of hydrogen-bond acceptors (Lipinski definition) is 3. The molecule has 0 atom stereocenters. The molecule has 0 unspecified atom stereocenters. The summed E-state index contributed by atoms with van der Waals surface area (Å²) in [6.07, 6.45) is 2.28. The smallest absolute Gasteiger partial charge is 0.299 e. The normalized spacial score (nSPS) is 13.8. The van der Waals surface area contributed by atoms with E-state index in [-0.39, 0.29) is 12.2 Å². The number of amides is 1. The molecule has 0 spiro atoms. The van der Waals surface area contributed by atoms with E-state index in [0.29, 0.717) is 11.6 Å². The van der Waals surface area contributed by atoms with Crippen LogP contribution in [0.4, 0.5) is 18.9 Å². The molecule has 1 aliphatic rings. The fourth-order valence-electron chi connectivity index (χ4n) is 2.22.